The first kappa shape index (κ1) is 17.7. The summed E-state index contributed by atoms with van der Waals surface area (Å²) in [6.07, 6.45) is 1.58. The molecule has 27 heavy (non-hydrogen) atoms. The molecule has 0 amide bonds. The van der Waals surface area contributed by atoms with E-state index < -0.39 is 0 Å². The Morgan fingerprint density at radius 3 is 2.78 bits per heavy atom. The van der Waals surface area contributed by atoms with Gasteiger partial charge in [0.25, 0.3) is 5.56 Å². The second-order valence-electron chi connectivity index (χ2n) is 6.45. The van der Waals surface area contributed by atoms with Gasteiger partial charge in [-0.05, 0) is 50.6 Å². The molecule has 0 aliphatic rings. The van der Waals surface area contributed by atoms with Crippen LogP contribution < -0.4 is 5.56 Å². The average molecular weight is 397 g/mol. The Balaban J connectivity index is 1.72. The van der Waals surface area contributed by atoms with Crippen molar-refractivity contribution >= 4 is 44.5 Å². The maximum atomic E-state index is 12.9. The quantitative estimate of drug-likeness (QED) is 0.489. The number of nitrogens with zero attached hydrogens (tertiary/aromatic N) is 3. The van der Waals surface area contributed by atoms with E-state index in [9.17, 15) is 4.79 Å². The van der Waals surface area contributed by atoms with Crippen molar-refractivity contribution in [3.05, 3.63) is 74.2 Å². The molecule has 5 nitrogen and oxygen atoms in total. The van der Waals surface area contributed by atoms with E-state index in [-0.39, 0.29) is 5.56 Å². The van der Waals surface area contributed by atoms with Gasteiger partial charge in [0.15, 0.2) is 0 Å². The minimum atomic E-state index is -0.132. The predicted molar refractivity (Wildman–Crippen MR) is 112 cm³/mol. The highest BCUT2D eigenvalue weighted by Gasteiger charge is 2.13. The summed E-state index contributed by atoms with van der Waals surface area (Å²) in [6.45, 7) is 5.88. The van der Waals surface area contributed by atoms with E-state index in [1.54, 1.807) is 17.0 Å². The first-order chi connectivity index (χ1) is 12.9. The number of hydrogen-bond acceptors (Lipinski definition) is 4. The largest absolute Gasteiger partial charge is 0.295 e. The number of H-pyrrole nitrogens is 1. The zero-order chi connectivity index (χ0) is 19.1. The van der Waals surface area contributed by atoms with E-state index in [2.05, 4.69) is 21.1 Å². The lowest BCUT2D eigenvalue weighted by molar-refractivity contribution is 0.828. The molecule has 2 aromatic carbocycles. The summed E-state index contributed by atoms with van der Waals surface area (Å²) in [5.41, 5.74) is 5.01. The van der Waals surface area contributed by atoms with Gasteiger partial charge in [0.1, 0.15) is 0 Å². The third kappa shape index (κ3) is 3.34. The number of fused-ring (bicyclic) bond motifs is 1. The van der Waals surface area contributed by atoms with Crippen molar-refractivity contribution in [2.24, 2.45) is 4.99 Å². The molecule has 0 saturated heterocycles. The third-order valence-corrected chi connectivity index (χ3v) is 5.51. The van der Waals surface area contributed by atoms with Crippen LogP contribution in [0, 0.1) is 20.8 Å². The minimum Gasteiger partial charge on any atom is -0.295 e. The van der Waals surface area contributed by atoms with Crippen LogP contribution in [0.15, 0.2) is 46.2 Å². The van der Waals surface area contributed by atoms with Crippen molar-refractivity contribution in [1.29, 1.82) is 0 Å². The van der Waals surface area contributed by atoms with Crippen molar-refractivity contribution < 1.29 is 0 Å². The SMILES string of the molecule is Cc1ccc(-n2[nH]c(C)c(/C=N/c3nc4ccc(Cl)cc4s3)c2=O)c(C)c1. The normalized spacial score (nSPS) is 11.7. The highest BCUT2D eigenvalue weighted by Crippen LogP contribution is 2.29. The van der Waals surface area contributed by atoms with Crippen LogP contribution in [0.1, 0.15) is 22.4 Å². The second kappa shape index (κ2) is 6.79. The van der Waals surface area contributed by atoms with E-state index in [0.29, 0.717) is 15.7 Å². The van der Waals surface area contributed by atoms with E-state index >= 15 is 0 Å². The van der Waals surface area contributed by atoms with Crippen molar-refractivity contribution in [1.82, 2.24) is 14.8 Å². The Bertz CT molecular complexity index is 1250. The third-order valence-electron chi connectivity index (χ3n) is 4.35. The van der Waals surface area contributed by atoms with E-state index in [1.807, 2.05) is 45.0 Å². The van der Waals surface area contributed by atoms with Crippen LogP contribution in [0.2, 0.25) is 5.02 Å². The standard InChI is InChI=1S/C20H17ClN4OS/c1-11-4-7-17(12(2)8-11)25-19(26)15(13(3)24-25)10-22-20-23-16-6-5-14(21)9-18(16)27-20/h4-10,24H,1-3H3/b22-10+. The lowest BCUT2D eigenvalue weighted by atomic mass is 10.1. The number of hydrogen-bond donors (Lipinski definition) is 1. The summed E-state index contributed by atoms with van der Waals surface area (Å²) in [4.78, 5) is 21.7. The lowest BCUT2D eigenvalue weighted by Crippen LogP contribution is -2.18. The van der Waals surface area contributed by atoms with E-state index in [4.69, 9.17) is 11.6 Å². The molecule has 0 saturated carbocycles. The van der Waals surface area contributed by atoms with Crippen LogP contribution in [0.4, 0.5) is 5.13 Å². The average Bonchev–Trinajstić information content (AvgIpc) is 3.13. The smallest absolute Gasteiger partial charge is 0.280 e. The Morgan fingerprint density at radius 1 is 1.19 bits per heavy atom. The van der Waals surface area contributed by atoms with Gasteiger partial charge < -0.3 is 0 Å². The van der Waals surface area contributed by atoms with Gasteiger partial charge in [-0.25, -0.2) is 14.7 Å². The highest BCUT2D eigenvalue weighted by atomic mass is 35.5. The Morgan fingerprint density at radius 2 is 2.00 bits per heavy atom. The summed E-state index contributed by atoms with van der Waals surface area (Å²) < 4.78 is 2.52. The number of aryl methyl sites for hydroxylation is 3. The molecule has 0 aliphatic heterocycles. The molecule has 0 fully saturated rings. The van der Waals surface area contributed by atoms with Gasteiger partial charge >= 0.3 is 0 Å². The summed E-state index contributed by atoms with van der Waals surface area (Å²) in [6, 6.07) is 11.5. The molecule has 0 atom stereocenters. The van der Waals surface area contributed by atoms with Crippen molar-refractivity contribution in [2.45, 2.75) is 20.8 Å². The number of aromatic nitrogens is 3. The topological polar surface area (TPSA) is 63.0 Å². The molecular weight excluding hydrogens is 380 g/mol. The van der Waals surface area contributed by atoms with Crippen LogP contribution in [0.3, 0.4) is 0 Å². The van der Waals surface area contributed by atoms with Gasteiger partial charge in [-0.3, -0.25) is 9.89 Å². The fraction of sp³-hybridized carbons (Fsp3) is 0.150. The molecule has 4 rings (SSSR count). The van der Waals surface area contributed by atoms with Crippen LogP contribution in [-0.2, 0) is 0 Å². The molecule has 7 heteroatoms. The fourth-order valence-electron chi connectivity index (χ4n) is 3.00. The molecule has 1 N–H and O–H groups in total. The van der Waals surface area contributed by atoms with Crippen LogP contribution >= 0.6 is 22.9 Å². The lowest BCUT2D eigenvalue weighted by Gasteiger charge is -2.06. The zero-order valence-electron chi connectivity index (χ0n) is 15.1. The number of rotatable bonds is 3. The summed E-state index contributed by atoms with van der Waals surface area (Å²) >= 11 is 7.46. The number of aromatic amines is 1. The van der Waals surface area contributed by atoms with E-state index in [0.717, 1.165) is 32.7 Å². The number of thiazole rings is 1. The van der Waals surface area contributed by atoms with Crippen LogP contribution in [0.25, 0.3) is 15.9 Å². The maximum Gasteiger partial charge on any atom is 0.280 e. The molecule has 0 radical (unpaired) electrons. The summed E-state index contributed by atoms with van der Waals surface area (Å²) in [5.74, 6) is 0. The van der Waals surface area contributed by atoms with Gasteiger partial charge in [-0.1, -0.05) is 40.6 Å². The number of benzene rings is 2. The van der Waals surface area contributed by atoms with Crippen LogP contribution in [0.5, 0.6) is 0 Å². The first-order valence-corrected chi connectivity index (χ1v) is 9.61. The van der Waals surface area contributed by atoms with E-state index in [1.165, 1.54) is 11.3 Å². The number of nitrogens with one attached hydrogen (secondary N) is 1. The monoisotopic (exact) mass is 396 g/mol. The summed E-state index contributed by atoms with van der Waals surface area (Å²) in [5, 5.41) is 4.39. The Hall–Kier alpha value is -2.70. The first-order valence-electron chi connectivity index (χ1n) is 8.42. The van der Waals surface area contributed by atoms with Crippen molar-refractivity contribution in [2.75, 3.05) is 0 Å². The molecule has 0 aliphatic carbocycles. The molecule has 0 bridgehead atoms. The second-order valence-corrected chi connectivity index (χ2v) is 7.89. The van der Waals surface area contributed by atoms with Crippen molar-refractivity contribution in [3.8, 4) is 5.69 Å². The number of aliphatic imine (C=N–C) groups is 1. The molecule has 0 spiro atoms. The fourth-order valence-corrected chi connectivity index (χ4v) is 4.09. The molecule has 2 heterocycles. The molecule has 2 aromatic heterocycles. The maximum absolute atomic E-state index is 12.9. The molecule has 136 valence electrons. The van der Waals surface area contributed by atoms with Crippen LogP contribution in [-0.4, -0.2) is 21.0 Å². The van der Waals surface area contributed by atoms with Gasteiger partial charge in [-0.15, -0.1) is 0 Å². The van der Waals surface area contributed by atoms with Gasteiger partial charge in [0.05, 0.1) is 21.5 Å². The molecule has 0 unspecified atom stereocenters. The summed E-state index contributed by atoms with van der Waals surface area (Å²) in [7, 11) is 0. The zero-order valence-corrected chi connectivity index (χ0v) is 16.6. The predicted octanol–water partition coefficient (Wildman–Crippen LogP) is 5.10. The van der Waals surface area contributed by atoms with Gasteiger partial charge in [0.2, 0.25) is 5.13 Å². The van der Waals surface area contributed by atoms with Crippen molar-refractivity contribution in [3.63, 3.8) is 0 Å². The highest BCUT2D eigenvalue weighted by molar-refractivity contribution is 7.22. The Labute approximate surface area is 165 Å². The number of halogens is 1. The Kier molecular flexibility index (Phi) is 4.45. The molecule has 4 aromatic rings. The molecular formula is C20H17ClN4OS. The van der Waals surface area contributed by atoms with Gasteiger partial charge in [0, 0.05) is 16.9 Å². The minimum absolute atomic E-state index is 0.132. The van der Waals surface area contributed by atoms with Gasteiger partial charge in [-0.2, -0.15) is 0 Å².